The van der Waals surface area contributed by atoms with Gasteiger partial charge in [-0.25, -0.2) is 13.4 Å². The van der Waals surface area contributed by atoms with Crippen LogP contribution in [0.25, 0.3) is 0 Å². The summed E-state index contributed by atoms with van der Waals surface area (Å²) >= 11 is 0. The van der Waals surface area contributed by atoms with Crippen molar-refractivity contribution in [1.29, 1.82) is 0 Å². The molecule has 32 heavy (non-hydrogen) atoms. The normalized spacial score (nSPS) is 28.1. The Balaban J connectivity index is 0. The quantitative estimate of drug-likeness (QED) is 0.173. The van der Waals surface area contributed by atoms with Crippen molar-refractivity contribution in [1.82, 2.24) is 9.55 Å². The van der Waals surface area contributed by atoms with Gasteiger partial charge in [0.15, 0.2) is 6.23 Å². The molecule has 1 aromatic rings. The van der Waals surface area contributed by atoms with E-state index in [1.165, 1.54) is 0 Å². The molecule has 2 rings (SSSR count). The number of H-pyrrole nitrogens is 1. The van der Waals surface area contributed by atoms with Crippen molar-refractivity contribution in [2.75, 3.05) is 6.61 Å². The van der Waals surface area contributed by atoms with E-state index in [1.54, 1.807) is 0 Å². The van der Waals surface area contributed by atoms with Gasteiger partial charge in [0.2, 0.25) is 0 Å². The zero-order valence-electron chi connectivity index (χ0n) is 16.7. The molecule has 0 aromatic carbocycles. The molecule has 0 saturated carbocycles. The van der Waals surface area contributed by atoms with E-state index in [9.17, 15) is 48.2 Å². The molecule has 1 aromatic heterocycles. The fraction of sp³-hybridized carbons (Fsp3) is 0.556. The molecule has 2 heterocycles. The molecule has 166 valence electrons. The first-order valence-corrected chi connectivity index (χ1v) is 11.6. The third-order valence-electron chi connectivity index (χ3n) is 3.26. The second kappa shape index (κ2) is 14.1. The van der Waals surface area contributed by atoms with Gasteiger partial charge in [0.05, 0.1) is 6.61 Å². The Labute approximate surface area is 244 Å². The molecular formula is C9H12N2Na3O15P3. The van der Waals surface area contributed by atoms with Crippen molar-refractivity contribution >= 4 is 23.5 Å². The van der Waals surface area contributed by atoms with Gasteiger partial charge < -0.3 is 39.0 Å². The molecule has 0 amide bonds. The van der Waals surface area contributed by atoms with Crippen molar-refractivity contribution < 1.29 is 150 Å². The van der Waals surface area contributed by atoms with Gasteiger partial charge in [0.25, 0.3) is 29.0 Å². The van der Waals surface area contributed by atoms with Gasteiger partial charge in [-0.1, -0.05) is 0 Å². The second-order valence-corrected chi connectivity index (χ2v) is 9.68. The van der Waals surface area contributed by atoms with Crippen molar-refractivity contribution in [3.63, 3.8) is 0 Å². The largest absolute Gasteiger partial charge is 1.00 e. The van der Waals surface area contributed by atoms with E-state index in [0.717, 1.165) is 12.3 Å². The van der Waals surface area contributed by atoms with Gasteiger partial charge in [-0.15, -0.1) is 0 Å². The fourth-order valence-electron chi connectivity index (χ4n) is 2.18. The molecule has 1 aliphatic heterocycles. The SMILES string of the molecule is O=c1ccn([C@@H]2OC(COP(=O)([O-])OP(=O)([O-])OP(=O)([O-])O)[C@@H](O)C2O)c(=O)[nH]1.[Na+].[Na+].[Na+]. The first-order chi connectivity index (χ1) is 13.1. The van der Waals surface area contributed by atoms with E-state index in [0.29, 0.717) is 4.57 Å². The van der Waals surface area contributed by atoms with Gasteiger partial charge in [-0.05, 0) is 0 Å². The van der Waals surface area contributed by atoms with E-state index in [2.05, 4.69) is 13.1 Å². The molecule has 17 nitrogen and oxygen atoms in total. The van der Waals surface area contributed by atoms with Gasteiger partial charge in [0.1, 0.15) is 18.3 Å². The van der Waals surface area contributed by atoms with Crippen LogP contribution in [0.5, 0.6) is 0 Å². The Morgan fingerprint density at radius 1 is 1.03 bits per heavy atom. The van der Waals surface area contributed by atoms with Crippen LogP contribution in [0.4, 0.5) is 0 Å². The summed E-state index contributed by atoms with van der Waals surface area (Å²) in [5, 5.41) is 19.8. The smallest absolute Gasteiger partial charge is 0.756 e. The van der Waals surface area contributed by atoms with E-state index in [1.807, 2.05) is 4.98 Å². The number of hydrogen-bond donors (Lipinski definition) is 4. The number of ether oxygens (including phenoxy) is 1. The maximum atomic E-state index is 11.7. The van der Waals surface area contributed by atoms with E-state index in [-0.39, 0.29) is 88.7 Å². The Morgan fingerprint density at radius 3 is 2.09 bits per heavy atom. The van der Waals surface area contributed by atoms with Crippen LogP contribution in [-0.2, 0) is 31.6 Å². The Hall–Kier alpha value is 1.97. The summed E-state index contributed by atoms with van der Waals surface area (Å²) in [6, 6.07) is 0.898. The number of nitrogens with one attached hydrogen (secondary N) is 1. The van der Waals surface area contributed by atoms with E-state index in [4.69, 9.17) is 9.63 Å². The summed E-state index contributed by atoms with van der Waals surface area (Å²) in [4.78, 5) is 65.8. The monoisotopic (exact) mass is 550 g/mol. The standard InChI is InChI=1S/C9H15N2O15P3.3Na/c12-5-1-2-11(9(15)10-5)8-7(14)6(13)4(24-8)3-23-28(19,20)26-29(21,22)25-27(16,17)18;;;/h1-2,4,6-8,13-14H,3H2,(H,19,20)(H,21,22)(H,10,12,15)(H2,16,17,18);;;/q;3*+1/p-3/t4?,6-,7?,8-;;;/m1.../s1. The van der Waals surface area contributed by atoms with Crippen molar-refractivity contribution in [2.45, 2.75) is 24.5 Å². The van der Waals surface area contributed by atoms with Crippen LogP contribution in [0.3, 0.4) is 0 Å². The number of phosphoric ester groups is 1. The topological polar surface area (TPSA) is 273 Å². The second-order valence-electron chi connectivity index (χ2n) is 5.39. The molecular weight excluding hydrogens is 538 g/mol. The van der Waals surface area contributed by atoms with Crippen LogP contribution in [0.15, 0.2) is 21.9 Å². The predicted octanol–water partition coefficient (Wildman–Crippen LogP) is -13.4. The van der Waals surface area contributed by atoms with Crippen LogP contribution in [0, 0.1) is 0 Å². The summed E-state index contributed by atoms with van der Waals surface area (Å²) in [6.45, 7) is -1.15. The van der Waals surface area contributed by atoms with Gasteiger partial charge >= 0.3 is 94.4 Å². The minimum absolute atomic E-state index is 0. The number of aliphatic hydroxyl groups is 2. The van der Waals surface area contributed by atoms with E-state index >= 15 is 0 Å². The molecule has 4 N–H and O–H groups in total. The average molecular weight is 550 g/mol. The summed E-state index contributed by atoms with van der Waals surface area (Å²) < 4.78 is 49.3. The molecule has 0 spiro atoms. The number of aromatic nitrogens is 2. The molecule has 0 bridgehead atoms. The molecule has 0 aliphatic carbocycles. The van der Waals surface area contributed by atoms with Crippen molar-refractivity contribution in [3.05, 3.63) is 33.1 Å². The summed E-state index contributed by atoms with van der Waals surface area (Å²) in [5.74, 6) is 0. The van der Waals surface area contributed by atoms with E-state index < -0.39 is 65.9 Å². The summed E-state index contributed by atoms with van der Waals surface area (Å²) in [6.07, 6.45) is -5.93. The Bertz CT molecular complexity index is 1010. The molecule has 1 aliphatic rings. The third-order valence-corrected chi connectivity index (χ3v) is 6.95. The van der Waals surface area contributed by atoms with Gasteiger partial charge in [0, 0.05) is 12.3 Å². The Kier molecular flexibility index (Phi) is 15.9. The number of rotatable bonds is 8. The minimum atomic E-state index is -6.10. The molecule has 23 heteroatoms. The zero-order valence-corrected chi connectivity index (χ0v) is 25.4. The molecule has 7 atom stereocenters. The molecule has 5 unspecified atom stereocenters. The van der Waals surface area contributed by atoms with Crippen LogP contribution in [-0.4, -0.2) is 49.6 Å². The van der Waals surface area contributed by atoms with Crippen molar-refractivity contribution in [3.8, 4) is 0 Å². The summed E-state index contributed by atoms with van der Waals surface area (Å²) in [7, 11) is -17.8. The maximum absolute atomic E-state index is 11.7. The van der Waals surface area contributed by atoms with Gasteiger partial charge in [-0.2, -0.15) is 0 Å². The number of hydrogen-bond acceptors (Lipinski definition) is 14. The first-order valence-electron chi connectivity index (χ1n) is 7.16. The van der Waals surface area contributed by atoms with Crippen LogP contribution >= 0.6 is 23.5 Å². The Morgan fingerprint density at radius 2 is 1.59 bits per heavy atom. The van der Waals surface area contributed by atoms with Gasteiger partial charge in [-0.3, -0.25) is 28.0 Å². The maximum Gasteiger partial charge on any atom is 1.00 e. The number of nitrogens with zero attached hydrogens (tertiary/aromatic N) is 1. The number of aliphatic hydroxyl groups excluding tert-OH is 2. The van der Waals surface area contributed by atoms with Crippen molar-refractivity contribution in [2.24, 2.45) is 0 Å². The van der Waals surface area contributed by atoms with Crippen LogP contribution in [0.2, 0.25) is 0 Å². The average Bonchev–Trinajstić information content (AvgIpc) is 2.78. The summed E-state index contributed by atoms with van der Waals surface area (Å²) in [5.41, 5.74) is -1.79. The molecule has 0 radical (unpaired) electrons. The minimum Gasteiger partial charge on any atom is -0.756 e. The number of phosphoric acid groups is 3. The first kappa shape index (κ1) is 36.1. The molecule has 1 fully saturated rings. The molecule has 1 saturated heterocycles. The third kappa shape index (κ3) is 10.9. The number of aromatic amines is 1. The fourth-order valence-corrected chi connectivity index (χ4v) is 5.07. The predicted molar refractivity (Wildman–Crippen MR) is 80.4 cm³/mol. The van der Waals surface area contributed by atoms with Crippen LogP contribution in [0.1, 0.15) is 6.23 Å². The zero-order chi connectivity index (χ0) is 22.2. The van der Waals surface area contributed by atoms with Crippen LogP contribution < -0.4 is 115 Å².